The number of rotatable bonds is 7. The number of anilines is 1. The minimum atomic E-state index is -0.594. The summed E-state index contributed by atoms with van der Waals surface area (Å²) < 4.78 is 22.9. The standard InChI is InChI=1S/C33H34ClFN6O3/c1-3-26(43)40-14-11-21(17-40)39(2)31-24-16-36-29(23-9-4-7-20-8-5-10-25(34)27(20)23)28(35)30(24)37-32(38-31)44-19-33-12-6-13-41(33)18-22(42)15-33/h3-5,7-10,16,21-22,42H,1,6,11-15,17-19H2,2H3/t21-,22-,33+/m1/s1. The van der Waals surface area contributed by atoms with E-state index in [0.29, 0.717) is 59.8 Å². The van der Waals surface area contributed by atoms with Crippen molar-refractivity contribution < 1.29 is 19.0 Å². The molecular weight excluding hydrogens is 583 g/mol. The van der Waals surface area contributed by atoms with Crippen molar-refractivity contribution in [1.82, 2.24) is 24.8 Å². The lowest BCUT2D eigenvalue weighted by atomic mass is 9.94. The molecule has 1 N–H and O–H groups in total. The van der Waals surface area contributed by atoms with Crippen LogP contribution in [0.5, 0.6) is 6.01 Å². The van der Waals surface area contributed by atoms with Crippen LogP contribution in [0.3, 0.4) is 0 Å². The maximum atomic E-state index is 16.7. The van der Waals surface area contributed by atoms with Crippen molar-refractivity contribution in [3.05, 3.63) is 66.1 Å². The first-order chi connectivity index (χ1) is 21.3. The second-order valence-corrected chi connectivity index (χ2v) is 12.5. The topological polar surface area (TPSA) is 94.9 Å². The monoisotopic (exact) mass is 616 g/mol. The summed E-state index contributed by atoms with van der Waals surface area (Å²) in [4.78, 5) is 32.3. The normalized spacial score (nSPS) is 23.4. The van der Waals surface area contributed by atoms with E-state index in [-0.39, 0.29) is 34.7 Å². The number of aromatic nitrogens is 3. The number of aliphatic hydroxyl groups excluding tert-OH is 1. The molecule has 0 bridgehead atoms. The van der Waals surface area contributed by atoms with Gasteiger partial charge in [0.1, 0.15) is 23.6 Å². The first kappa shape index (κ1) is 28.9. The Morgan fingerprint density at radius 1 is 1.25 bits per heavy atom. The van der Waals surface area contributed by atoms with E-state index in [2.05, 4.69) is 21.4 Å². The number of likely N-dealkylation sites (tertiary alicyclic amines) is 1. The number of amides is 1. The average Bonchev–Trinajstić information content (AvgIpc) is 3.74. The fraction of sp³-hybridized carbons (Fsp3) is 0.394. The molecule has 9 nitrogen and oxygen atoms in total. The predicted octanol–water partition coefficient (Wildman–Crippen LogP) is 4.84. The van der Waals surface area contributed by atoms with Gasteiger partial charge in [-0.2, -0.15) is 9.97 Å². The van der Waals surface area contributed by atoms with Crippen LogP contribution in [-0.4, -0.2) is 93.3 Å². The van der Waals surface area contributed by atoms with Gasteiger partial charge in [-0.1, -0.05) is 48.5 Å². The Morgan fingerprint density at radius 3 is 2.89 bits per heavy atom. The summed E-state index contributed by atoms with van der Waals surface area (Å²) in [5.41, 5.74) is 0.508. The van der Waals surface area contributed by atoms with E-state index in [0.717, 1.165) is 31.2 Å². The van der Waals surface area contributed by atoms with E-state index in [1.54, 1.807) is 23.2 Å². The van der Waals surface area contributed by atoms with E-state index in [4.69, 9.17) is 21.3 Å². The number of hydrogen-bond donors (Lipinski definition) is 1. The fourth-order valence-electron chi connectivity index (χ4n) is 7.28. The van der Waals surface area contributed by atoms with Gasteiger partial charge in [0.15, 0.2) is 5.82 Å². The highest BCUT2D eigenvalue weighted by atomic mass is 35.5. The maximum absolute atomic E-state index is 16.7. The molecule has 228 valence electrons. The van der Waals surface area contributed by atoms with Crippen molar-refractivity contribution in [2.45, 2.75) is 43.4 Å². The molecule has 5 heterocycles. The molecule has 0 spiro atoms. The van der Waals surface area contributed by atoms with Crippen LogP contribution >= 0.6 is 11.6 Å². The second kappa shape index (κ2) is 11.3. The van der Waals surface area contributed by atoms with Gasteiger partial charge in [0, 0.05) is 54.9 Å². The summed E-state index contributed by atoms with van der Waals surface area (Å²) in [5.74, 6) is -0.240. The number of benzene rings is 2. The van der Waals surface area contributed by atoms with E-state index < -0.39 is 11.9 Å². The van der Waals surface area contributed by atoms with Gasteiger partial charge < -0.3 is 19.6 Å². The lowest BCUT2D eigenvalue weighted by molar-refractivity contribution is -0.125. The molecule has 11 heteroatoms. The predicted molar refractivity (Wildman–Crippen MR) is 168 cm³/mol. The summed E-state index contributed by atoms with van der Waals surface area (Å²) in [5, 5.41) is 12.9. The van der Waals surface area contributed by atoms with Gasteiger partial charge in [0.05, 0.1) is 17.0 Å². The van der Waals surface area contributed by atoms with Gasteiger partial charge in [-0.15, -0.1) is 0 Å². The van der Waals surface area contributed by atoms with Gasteiger partial charge in [-0.3, -0.25) is 14.7 Å². The zero-order valence-electron chi connectivity index (χ0n) is 24.5. The largest absolute Gasteiger partial charge is 0.461 e. The molecule has 2 aromatic heterocycles. The van der Waals surface area contributed by atoms with Crippen molar-refractivity contribution in [3.8, 4) is 17.3 Å². The molecule has 7 rings (SSSR count). The van der Waals surface area contributed by atoms with Gasteiger partial charge >= 0.3 is 6.01 Å². The molecule has 2 aromatic carbocycles. The summed E-state index contributed by atoms with van der Waals surface area (Å²) in [6, 6.07) is 11.2. The van der Waals surface area contributed by atoms with E-state index in [9.17, 15) is 9.90 Å². The first-order valence-electron chi connectivity index (χ1n) is 15.0. The number of fused-ring (bicyclic) bond motifs is 3. The van der Waals surface area contributed by atoms with Gasteiger partial charge in [0.25, 0.3) is 0 Å². The molecular formula is C33H34ClFN6O3. The van der Waals surface area contributed by atoms with Crippen molar-refractivity contribution >= 4 is 45.0 Å². The number of halogens is 2. The number of carbonyl (C=O) groups excluding carboxylic acids is 1. The Kier molecular flexibility index (Phi) is 7.39. The second-order valence-electron chi connectivity index (χ2n) is 12.1. The Labute approximate surface area is 259 Å². The number of carbonyl (C=O) groups is 1. The minimum absolute atomic E-state index is 0.0571. The van der Waals surface area contributed by atoms with Crippen LogP contribution in [0.15, 0.2) is 55.3 Å². The molecule has 3 atom stereocenters. The molecule has 0 saturated carbocycles. The third-order valence-corrected chi connectivity index (χ3v) is 9.86. The quantitative estimate of drug-likeness (QED) is 0.295. The lowest BCUT2D eigenvalue weighted by Gasteiger charge is -2.31. The number of ether oxygens (including phenoxy) is 1. The van der Waals surface area contributed by atoms with Crippen LogP contribution in [0.2, 0.25) is 5.02 Å². The highest BCUT2D eigenvalue weighted by Gasteiger charge is 2.48. The maximum Gasteiger partial charge on any atom is 0.319 e. The SMILES string of the molecule is C=CC(=O)N1CC[C@@H](N(C)c2nc(OC[C@@]34CCCN3C[C@H](O)C4)nc3c(F)c(-c4cccc5cccc(Cl)c45)ncc23)C1. The molecule has 44 heavy (non-hydrogen) atoms. The van der Waals surface area contributed by atoms with Crippen LogP contribution in [0.4, 0.5) is 10.2 Å². The first-order valence-corrected chi connectivity index (χ1v) is 15.4. The van der Waals surface area contributed by atoms with Crippen molar-refractivity contribution in [2.24, 2.45) is 0 Å². The van der Waals surface area contributed by atoms with Crippen LogP contribution in [0.25, 0.3) is 32.9 Å². The zero-order valence-corrected chi connectivity index (χ0v) is 25.3. The van der Waals surface area contributed by atoms with Crippen molar-refractivity contribution in [2.75, 3.05) is 44.7 Å². The Morgan fingerprint density at radius 2 is 2.07 bits per heavy atom. The number of hydrogen-bond acceptors (Lipinski definition) is 8. The van der Waals surface area contributed by atoms with Crippen molar-refractivity contribution in [1.29, 1.82) is 0 Å². The van der Waals surface area contributed by atoms with Crippen molar-refractivity contribution in [3.63, 3.8) is 0 Å². The average molecular weight is 617 g/mol. The van der Waals surface area contributed by atoms with Crippen LogP contribution in [-0.2, 0) is 4.79 Å². The van der Waals surface area contributed by atoms with Crippen LogP contribution in [0, 0.1) is 5.82 Å². The summed E-state index contributed by atoms with van der Waals surface area (Å²) in [6.45, 7) is 6.51. The number of likely N-dealkylation sites (N-methyl/N-ethyl adjacent to an activating group) is 1. The summed E-state index contributed by atoms with van der Waals surface area (Å²) >= 11 is 6.59. The molecule has 3 aliphatic rings. The Hall–Kier alpha value is -3.86. The van der Waals surface area contributed by atoms with E-state index >= 15 is 4.39 Å². The summed E-state index contributed by atoms with van der Waals surface area (Å²) in [7, 11) is 1.89. The third kappa shape index (κ3) is 4.85. The highest BCUT2D eigenvalue weighted by Crippen LogP contribution is 2.41. The van der Waals surface area contributed by atoms with Gasteiger partial charge in [0.2, 0.25) is 5.91 Å². The Balaban J connectivity index is 1.32. The number of nitrogens with zero attached hydrogens (tertiary/aromatic N) is 6. The molecule has 4 aromatic rings. The molecule has 0 unspecified atom stereocenters. The minimum Gasteiger partial charge on any atom is -0.461 e. The number of β-amino-alcohol motifs (C(OH)–C–C–N with tert-alkyl or cyclic N) is 1. The zero-order chi connectivity index (χ0) is 30.6. The molecule has 1 amide bonds. The highest BCUT2D eigenvalue weighted by molar-refractivity contribution is 6.36. The molecule has 0 radical (unpaired) electrons. The molecule has 3 saturated heterocycles. The van der Waals surface area contributed by atoms with E-state index in [1.807, 2.05) is 36.2 Å². The third-order valence-electron chi connectivity index (χ3n) is 9.54. The molecule has 3 aliphatic heterocycles. The van der Waals surface area contributed by atoms with E-state index in [1.165, 1.54) is 6.08 Å². The van der Waals surface area contributed by atoms with Gasteiger partial charge in [-0.05, 0) is 49.8 Å². The summed E-state index contributed by atoms with van der Waals surface area (Å²) in [6.07, 6.45) is 5.79. The fourth-order valence-corrected chi connectivity index (χ4v) is 7.57. The number of pyridine rings is 1. The Bertz CT molecular complexity index is 1780. The number of aliphatic hydroxyl groups is 1. The van der Waals surface area contributed by atoms with Gasteiger partial charge in [-0.25, -0.2) is 4.39 Å². The molecule has 0 aliphatic carbocycles. The van der Waals surface area contributed by atoms with Crippen LogP contribution < -0.4 is 9.64 Å². The smallest absolute Gasteiger partial charge is 0.319 e. The lowest BCUT2D eigenvalue weighted by Crippen LogP contribution is -2.43. The van der Waals surface area contributed by atoms with Crippen LogP contribution in [0.1, 0.15) is 25.7 Å². The molecule has 3 fully saturated rings.